The Balaban J connectivity index is 1.89. The fourth-order valence-electron chi connectivity index (χ4n) is 2.09. The number of aliphatic hydroxyl groups excluding tert-OH is 1. The Bertz CT molecular complexity index is 507. The van der Waals surface area contributed by atoms with Crippen LogP contribution in [-0.2, 0) is 22.6 Å². The van der Waals surface area contributed by atoms with Gasteiger partial charge in [0, 0.05) is 38.6 Å². The molecule has 19 heavy (non-hydrogen) atoms. The lowest BCUT2D eigenvalue weighted by Crippen LogP contribution is -2.07. The van der Waals surface area contributed by atoms with Gasteiger partial charge in [-0.1, -0.05) is 12.1 Å². The number of ether oxygens (including phenoxy) is 2. The summed E-state index contributed by atoms with van der Waals surface area (Å²) in [6.45, 7) is 3.07. The van der Waals surface area contributed by atoms with E-state index in [-0.39, 0.29) is 6.61 Å². The third-order valence-corrected chi connectivity index (χ3v) is 3.13. The van der Waals surface area contributed by atoms with Gasteiger partial charge in [-0.3, -0.25) is 0 Å². The van der Waals surface area contributed by atoms with Crippen LogP contribution in [0.15, 0.2) is 30.5 Å². The van der Waals surface area contributed by atoms with Crippen LogP contribution < -0.4 is 0 Å². The van der Waals surface area contributed by atoms with Crippen molar-refractivity contribution >= 4 is 10.9 Å². The van der Waals surface area contributed by atoms with Crippen LogP contribution in [0.2, 0.25) is 0 Å². The summed E-state index contributed by atoms with van der Waals surface area (Å²) < 4.78 is 12.7. The Kier molecular flexibility index (Phi) is 5.39. The van der Waals surface area contributed by atoms with E-state index in [4.69, 9.17) is 9.47 Å². The van der Waals surface area contributed by atoms with Crippen molar-refractivity contribution in [1.82, 2.24) is 4.57 Å². The Labute approximate surface area is 113 Å². The van der Waals surface area contributed by atoms with E-state index in [2.05, 4.69) is 16.8 Å². The Morgan fingerprint density at radius 1 is 1.16 bits per heavy atom. The predicted molar refractivity (Wildman–Crippen MR) is 75.2 cm³/mol. The maximum atomic E-state index is 9.18. The van der Waals surface area contributed by atoms with Gasteiger partial charge in [0.2, 0.25) is 0 Å². The van der Waals surface area contributed by atoms with Gasteiger partial charge in [-0.15, -0.1) is 0 Å². The van der Waals surface area contributed by atoms with Crippen molar-refractivity contribution in [1.29, 1.82) is 0 Å². The van der Waals surface area contributed by atoms with E-state index in [1.165, 1.54) is 5.39 Å². The van der Waals surface area contributed by atoms with E-state index < -0.39 is 0 Å². The van der Waals surface area contributed by atoms with Crippen molar-refractivity contribution in [2.45, 2.75) is 19.6 Å². The molecule has 0 saturated carbocycles. The molecule has 0 aliphatic carbocycles. The smallest absolute Gasteiger partial charge is 0.0682 e. The van der Waals surface area contributed by atoms with Gasteiger partial charge in [0.1, 0.15) is 0 Å². The van der Waals surface area contributed by atoms with Gasteiger partial charge in [-0.2, -0.15) is 0 Å². The summed E-state index contributed by atoms with van der Waals surface area (Å²) in [5.41, 5.74) is 2.08. The molecular weight excluding hydrogens is 242 g/mol. The van der Waals surface area contributed by atoms with Gasteiger partial charge in [0.15, 0.2) is 0 Å². The molecule has 1 aromatic heterocycles. The van der Waals surface area contributed by atoms with Gasteiger partial charge in [0.05, 0.1) is 13.2 Å². The molecule has 0 aliphatic heterocycles. The normalized spacial score (nSPS) is 11.3. The zero-order chi connectivity index (χ0) is 13.5. The Morgan fingerprint density at radius 2 is 2.05 bits per heavy atom. The average molecular weight is 263 g/mol. The number of fused-ring (bicyclic) bond motifs is 1. The Hall–Kier alpha value is -1.36. The summed E-state index contributed by atoms with van der Waals surface area (Å²) in [5.74, 6) is 0. The number of hydrogen-bond acceptors (Lipinski definition) is 3. The van der Waals surface area contributed by atoms with Gasteiger partial charge < -0.3 is 19.1 Å². The van der Waals surface area contributed by atoms with E-state index in [0.717, 1.165) is 37.3 Å². The second-order valence-electron chi connectivity index (χ2n) is 4.52. The lowest BCUT2D eigenvalue weighted by Gasteiger charge is -2.07. The number of benzene rings is 1. The van der Waals surface area contributed by atoms with Crippen LogP contribution >= 0.6 is 0 Å². The average Bonchev–Trinajstić information content (AvgIpc) is 2.85. The van der Waals surface area contributed by atoms with E-state index >= 15 is 0 Å². The van der Waals surface area contributed by atoms with Crippen molar-refractivity contribution in [2.24, 2.45) is 0 Å². The maximum Gasteiger partial charge on any atom is 0.0682 e. The van der Waals surface area contributed by atoms with E-state index in [1.807, 2.05) is 18.2 Å². The molecule has 1 aromatic carbocycles. The monoisotopic (exact) mass is 263 g/mol. The lowest BCUT2D eigenvalue weighted by molar-refractivity contribution is 0.0982. The SMILES string of the molecule is COCCCOCCn1ccc2ccc(CO)cc21. The lowest BCUT2D eigenvalue weighted by atomic mass is 10.2. The van der Waals surface area contributed by atoms with Gasteiger partial charge in [0.25, 0.3) is 0 Å². The highest BCUT2D eigenvalue weighted by molar-refractivity contribution is 5.80. The minimum absolute atomic E-state index is 0.0780. The van der Waals surface area contributed by atoms with Crippen LogP contribution in [0.5, 0.6) is 0 Å². The molecule has 1 heterocycles. The molecule has 2 aromatic rings. The first kappa shape index (κ1) is 14.1. The van der Waals surface area contributed by atoms with Gasteiger partial charge in [-0.05, 0) is 29.5 Å². The molecule has 2 rings (SSSR count). The first-order chi connectivity index (χ1) is 9.35. The largest absolute Gasteiger partial charge is 0.392 e. The quantitative estimate of drug-likeness (QED) is 0.742. The van der Waals surface area contributed by atoms with Crippen molar-refractivity contribution in [3.8, 4) is 0 Å². The highest BCUT2D eigenvalue weighted by atomic mass is 16.5. The Morgan fingerprint density at radius 3 is 2.84 bits per heavy atom. The molecule has 0 aliphatic rings. The number of rotatable bonds is 8. The summed E-state index contributed by atoms with van der Waals surface area (Å²) >= 11 is 0. The fraction of sp³-hybridized carbons (Fsp3) is 0.467. The molecule has 0 amide bonds. The molecule has 1 N–H and O–H groups in total. The zero-order valence-electron chi connectivity index (χ0n) is 11.3. The van der Waals surface area contributed by atoms with E-state index in [1.54, 1.807) is 7.11 Å². The predicted octanol–water partition coefficient (Wildman–Crippen LogP) is 2.19. The molecule has 0 saturated heterocycles. The molecule has 0 atom stereocenters. The maximum absolute atomic E-state index is 9.18. The minimum Gasteiger partial charge on any atom is -0.392 e. The molecular formula is C15H21NO3. The fourth-order valence-corrected chi connectivity index (χ4v) is 2.09. The molecule has 104 valence electrons. The molecule has 0 unspecified atom stereocenters. The van der Waals surface area contributed by atoms with E-state index in [9.17, 15) is 5.11 Å². The second kappa shape index (κ2) is 7.28. The third kappa shape index (κ3) is 3.80. The summed E-state index contributed by atoms with van der Waals surface area (Å²) in [6, 6.07) is 8.10. The van der Waals surface area contributed by atoms with Crippen LogP contribution in [0.4, 0.5) is 0 Å². The summed E-state index contributed by atoms with van der Waals surface area (Å²) in [5, 5.41) is 10.4. The van der Waals surface area contributed by atoms with Crippen LogP contribution in [0.25, 0.3) is 10.9 Å². The van der Waals surface area contributed by atoms with Crippen molar-refractivity contribution in [2.75, 3.05) is 26.9 Å². The van der Waals surface area contributed by atoms with Gasteiger partial charge in [-0.25, -0.2) is 0 Å². The van der Waals surface area contributed by atoms with Gasteiger partial charge >= 0.3 is 0 Å². The number of methoxy groups -OCH3 is 1. The summed E-state index contributed by atoms with van der Waals surface area (Å²) in [4.78, 5) is 0. The summed E-state index contributed by atoms with van der Waals surface area (Å²) in [7, 11) is 1.70. The van der Waals surface area contributed by atoms with Crippen LogP contribution in [-0.4, -0.2) is 36.6 Å². The first-order valence-corrected chi connectivity index (χ1v) is 6.60. The van der Waals surface area contributed by atoms with E-state index in [0.29, 0.717) is 6.61 Å². The highest BCUT2D eigenvalue weighted by Crippen LogP contribution is 2.17. The number of nitrogens with zero attached hydrogens (tertiary/aromatic N) is 1. The molecule has 0 radical (unpaired) electrons. The van der Waals surface area contributed by atoms with Crippen LogP contribution in [0.1, 0.15) is 12.0 Å². The zero-order valence-corrected chi connectivity index (χ0v) is 11.3. The summed E-state index contributed by atoms with van der Waals surface area (Å²) in [6.07, 6.45) is 2.99. The topological polar surface area (TPSA) is 43.6 Å². The third-order valence-electron chi connectivity index (χ3n) is 3.13. The molecule has 4 nitrogen and oxygen atoms in total. The van der Waals surface area contributed by atoms with Crippen molar-refractivity contribution < 1.29 is 14.6 Å². The minimum atomic E-state index is 0.0780. The van der Waals surface area contributed by atoms with Crippen molar-refractivity contribution in [3.05, 3.63) is 36.0 Å². The molecule has 0 spiro atoms. The van der Waals surface area contributed by atoms with Crippen molar-refractivity contribution in [3.63, 3.8) is 0 Å². The first-order valence-electron chi connectivity index (χ1n) is 6.60. The van der Waals surface area contributed by atoms with Crippen LogP contribution in [0.3, 0.4) is 0 Å². The number of aliphatic hydroxyl groups is 1. The molecule has 4 heteroatoms. The van der Waals surface area contributed by atoms with Crippen LogP contribution in [0, 0.1) is 0 Å². The number of aromatic nitrogens is 1. The number of hydrogen-bond donors (Lipinski definition) is 1. The highest BCUT2D eigenvalue weighted by Gasteiger charge is 2.02. The molecule has 0 fully saturated rings. The standard InChI is InChI=1S/C15H21NO3/c1-18-8-2-9-19-10-7-16-6-5-14-4-3-13(12-17)11-15(14)16/h3-6,11,17H,2,7-10,12H2,1H3. The second-order valence-corrected chi connectivity index (χ2v) is 4.52. The molecule has 0 bridgehead atoms.